The van der Waals surface area contributed by atoms with Crippen LogP contribution in [-0.4, -0.2) is 34.1 Å². The van der Waals surface area contributed by atoms with Gasteiger partial charge >= 0.3 is 5.97 Å². The fourth-order valence-corrected chi connectivity index (χ4v) is 4.63. The number of carbonyl (C=O) groups is 1. The fraction of sp³-hybridized carbons (Fsp3) is 0.346. The molecule has 1 heterocycles. The lowest BCUT2D eigenvalue weighted by Gasteiger charge is -2.28. The van der Waals surface area contributed by atoms with Crippen LogP contribution in [-0.2, 0) is 16.1 Å². The van der Waals surface area contributed by atoms with Crippen LogP contribution in [0.2, 0.25) is 5.02 Å². The number of halogens is 2. The van der Waals surface area contributed by atoms with Crippen molar-refractivity contribution in [2.75, 3.05) is 13.2 Å². The minimum atomic E-state index is -0.959. The van der Waals surface area contributed by atoms with Crippen molar-refractivity contribution in [3.63, 3.8) is 0 Å². The standard InChI is InChI=1S/C26H26ClFN2O4/c27-22-12-20(10-11-23(22)28)21-13-24(31)30(29-26(21)19-4-2-1-3-5-19)14-17-6-8-18(9-7-17)15-34-16-25(32)33/h1-5,10-13,17-18H,6-9,14-16H2,(H,32,33)/t17-,18-. The summed E-state index contributed by atoms with van der Waals surface area (Å²) in [5.74, 6) is -0.835. The first-order valence-electron chi connectivity index (χ1n) is 11.3. The van der Waals surface area contributed by atoms with E-state index in [0.717, 1.165) is 31.2 Å². The Hall–Kier alpha value is -3.03. The van der Waals surface area contributed by atoms with Crippen LogP contribution in [0.5, 0.6) is 0 Å². The summed E-state index contributed by atoms with van der Waals surface area (Å²) in [6, 6.07) is 15.5. The molecule has 1 N–H and O–H groups in total. The Bertz CT molecular complexity index is 1210. The summed E-state index contributed by atoms with van der Waals surface area (Å²) in [4.78, 5) is 23.6. The van der Waals surface area contributed by atoms with Gasteiger partial charge in [-0.2, -0.15) is 5.10 Å². The highest BCUT2D eigenvalue weighted by molar-refractivity contribution is 6.31. The van der Waals surface area contributed by atoms with Gasteiger partial charge in [-0.05, 0) is 55.2 Å². The topological polar surface area (TPSA) is 81.4 Å². The molecule has 6 nitrogen and oxygen atoms in total. The summed E-state index contributed by atoms with van der Waals surface area (Å²) >= 11 is 6.00. The van der Waals surface area contributed by atoms with Gasteiger partial charge in [0.2, 0.25) is 0 Å². The first-order chi connectivity index (χ1) is 16.4. The molecule has 0 saturated heterocycles. The molecule has 0 radical (unpaired) electrons. The highest BCUT2D eigenvalue weighted by Crippen LogP contribution is 2.33. The second-order valence-electron chi connectivity index (χ2n) is 8.72. The Kier molecular flexibility index (Phi) is 7.75. The van der Waals surface area contributed by atoms with Gasteiger partial charge in [-0.15, -0.1) is 0 Å². The second kappa shape index (κ2) is 10.9. The third-order valence-corrected chi connectivity index (χ3v) is 6.54. The van der Waals surface area contributed by atoms with Gasteiger partial charge in [0.25, 0.3) is 5.56 Å². The van der Waals surface area contributed by atoms with Crippen molar-refractivity contribution in [2.24, 2.45) is 11.8 Å². The Morgan fingerprint density at radius 2 is 1.76 bits per heavy atom. The van der Waals surface area contributed by atoms with Crippen molar-refractivity contribution in [1.29, 1.82) is 0 Å². The molecule has 0 amide bonds. The molecule has 4 rings (SSSR count). The van der Waals surface area contributed by atoms with Crippen molar-refractivity contribution in [3.8, 4) is 22.4 Å². The minimum Gasteiger partial charge on any atom is -0.480 e. The maximum Gasteiger partial charge on any atom is 0.329 e. The Morgan fingerprint density at radius 1 is 1.06 bits per heavy atom. The molecule has 34 heavy (non-hydrogen) atoms. The van der Waals surface area contributed by atoms with Crippen LogP contribution >= 0.6 is 11.6 Å². The average Bonchev–Trinajstić information content (AvgIpc) is 2.83. The third kappa shape index (κ3) is 5.90. The normalized spacial score (nSPS) is 18.1. The molecular formula is C26H26ClFN2O4. The number of aromatic nitrogens is 2. The molecule has 0 aliphatic heterocycles. The number of hydrogen-bond acceptors (Lipinski definition) is 4. The Balaban J connectivity index is 1.56. The molecule has 1 fully saturated rings. The van der Waals surface area contributed by atoms with Crippen LogP contribution in [0, 0.1) is 17.7 Å². The van der Waals surface area contributed by atoms with E-state index in [1.807, 2.05) is 30.3 Å². The molecule has 1 aliphatic rings. The molecular weight excluding hydrogens is 459 g/mol. The van der Waals surface area contributed by atoms with E-state index in [4.69, 9.17) is 26.5 Å². The van der Waals surface area contributed by atoms with Crippen LogP contribution in [0.3, 0.4) is 0 Å². The maximum atomic E-state index is 13.7. The summed E-state index contributed by atoms with van der Waals surface area (Å²) in [6.45, 7) is 0.684. The molecule has 8 heteroatoms. The van der Waals surface area contributed by atoms with Crippen LogP contribution in [0.1, 0.15) is 25.7 Å². The molecule has 0 atom stereocenters. The summed E-state index contributed by atoms with van der Waals surface area (Å²) in [6.07, 6.45) is 3.70. The molecule has 3 aromatic rings. The number of hydrogen-bond donors (Lipinski definition) is 1. The van der Waals surface area contributed by atoms with Gasteiger partial charge < -0.3 is 9.84 Å². The van der Waals surface area contributed by atoms with E-state index in [2.05, 4.69) is 0 Å². The first kappa shape index (κ1) is 24.1. The summed E-state index contributed by atoms with van der Waals surface area (Å²) in [5.41, 5.74) is 2.50. The average molecular weight is 485 g/mol. The zero-order chi connectivity index (χ0) is 24.1. The minimum absolute atomic E-state index is 0.00946. The quantitative estimate of drug-likeness (QED) is 0.470. The van der Waals surface area contributed by atoms with Crippen LogP contribution in [0.15, 0.2) is 59.4 Å². The molecule has 1 aromatic heterocycles. The molecule has 0 unspecified atom stereocenters. The maximum absolute atomic E-state index is 13.7. The highest BCUT2D eigenvalue weighted by atomic mass is 35.5. The van der Waals surface area contributed by atoms with E-state index in [1.54, 1.807) is 12.1 Å². The van der Waals surface area contributed by atoms with Gasteiger partial charge in [0.15, 0.2) is 0 Å². The molecule has 178 valence electrons. The largest absolute Gasteiger partial charge is 0.480 e. The SMILES string of the molecule is O=C(O)COC[C@H]1CC[C@H](Cn2nc(-c3ccccc3)c(-c3ccc(F)c(Cl)c3)cc2=O)CC1. The molecule has 1 aliphatic carbocycles. The van der Waals surface area contributed by atoms with E-state index < -0.39 is 11.8 Å². The van der Waals surface area contributed by atoms with E-state index in [-0.39, 0.29) is 17.2 Å². The van der Waals surface area contributed by atoms with E-state index in [1.165, 1.54) is 16.8 Å². The van der Waals surface area contributed by atoms with Crippen LogP contribution in [0.25, 0.3) is 22.4 Å². The third-order valence-electron chi connectivity index (χ3n) is 6.25. The van der Waals surface area contributed by atoms with Crippen molar-refractivity contribution in [1.82, 2.24) is 9.78 Å². The summed E-state index contributed by atoms with van der Waals surface area (Å²) in [7, 11) is 0. The molecule has 0 bridgehead atoms. The monoisotopic (exact) mass is 484 g/mol. The van der Waals surface area contributed by atoms with E-state index in [0.29, 0.717) is 41.8 Å². The molecule has 0 spiro atoms. The number of benzene rings is 2. The summed E-state index contributed by atoms with van der Waals surface area (Å²) in [5, 5.41) is 13.4. The number of ether oxygens (including phenoxy) is 1. The van der Waals surface area contributed by atoms with Crippen molar-refractivity contribution < 1.29 is 19.0 Å². The smallest absolute Gasteiger partial charge is 0.329 e. The van der Waals surface area contributed by atoms with E-state index in [9.17, 15) is 14.0 Å². The van der Waals surface area contributed by atoms with Gasteiger partial charge in [0.05, 0.1) is 17.3 Å². The lowest BCUT2D eigenvalue weighted by molar-refractivity contribution is -0.142. The van der Waals surface area contributed by atoms with Crippen LogP contribution in [0.4, 0.5) is 4.39 Å². The highest BCUT2D eigenvalue weighted by Gasteiger charge is 2.23. The zero-order valence-corrected chi connectivity index (χ0v) is 19.4. The predicted molar refractivity (Wildman–Crippen MR) is 128 cm³/mol. The number of aliphatic carboxylic acids is 1. The van der Waals surface area contributed by atoms with E-state index >= 15 is 0 Å². The van der Waals surface area contributed by atoms with Gasteiger partial charge in [0, 0.05) is 23.7 Å². The van der Waals surface area contributed by atoms with Crippen molar-refractivity contribution in [2.45, 2.75) is 32.2 Å². The van der Waals surface area contributed by atoms with Gasteiger partial charge in [-0.25, -0.2) is 13.9 Å². The Labute approximate surface area is 202 Å². The summed E-state index contributed by atoms with van der Waals surface area (Å²) < 4.78 is 20.5. The van der Waals surface area contributed by atoms with Crippen molar-refractivity contribution >= 4 is 17.6 Å². The van der Waals surface area contributed by atoms with Gasteiger partial charge in [0.1, 0.15) is 12.4 Å². The number of nitrogens with zero attached hydrogens (tertiary/aromatic N) is 2. The van der Waals surface area contributed by atoms with Crippen molar-refractivity contribution in [3.05, 3.63) is 75.8 Å². The predicted octanol–water partition coefficient (Wildman–Crippen LogP) is 5.28. The molecule has 2 aromatic carbocycles. The molecule has 1 saturated carbocycles. The lowest BCUT2D eigenvalue weighted by atomic mass is 9.82. The second-order valence-corrected chi connectivity index (χ2v) is 9.12. The number of carboxylic acids is 1. The fourth-order valence-electron chi connectivity index (χ4n) is 4.45. The zero-order valence-electron chi connectivity index (χ0n) is 18.6. The lowest BCUT2D eigenvalue weighted by Crippen LogP contribution is -2.29. The van der Waals surface area contributed by atoms with Gasteiger partial charge in [-0.1, -0.05) is 48.0 Å². The van der Waals surface area contributed by atoms with Gasteiger partial charge in [-0.3, -0.25) is 4.79 Å². The number of rotatable bonds is 8. The first-order valence-corrected chi connectivity index (χ1v) is 11.7. The Morgan fingerprint density at radius 3 is 2.44 bits per heavy atom. The van der Waals surface area contributed by atoms with Crippen LogP contribution < -0.4 is 5.56 Å². The number of carboxylic acid groups (broad SMARTS) is 1.